The summed E-state index contributed by atoms with van der Waals surface area (Å²) in [5, 5.41) is 3.68. The molecule has 0 aromatic heterocycles. The van der Waals surface area contributed by atoms with E-state index in [0.29, 0.717) is 6.04 Å². The van der Waals surface area contributed by atoms with Crippen LogP contribution in [0.25, 0.3) is 0 Å². The van der Waals surface area contributed by atoms with E-state index in [2.05, 4.69) is 29.6 Å². The summed E-state index contributed by atoms with van der Waals surface area (Å²) in [7, 11) is 3.40. The first-order chi connectivity index (χ1) is 10.8. The van der Waals surface area contributed by atoms with Crippen LogP contribution in [0.5, 0.6) is 11.5 Å². The van der Waals surface area contributed by atoms with Gasteiger partial charge in [-0.05, 0) is 48.6 Å². The van der Waals surface area contributed by atoms with Crippen molar-refractivity contribution < 1.29 is 9.47 Å². The number of ether oxygens (including phenoxy) is 2. The topological polar surface area (TPSA) is 30.5 Å². The number of methoxy groups -OCH3 is 2. The van der Waals surface area contributed by atoms with E-state index in [0.717, 1.165) is 23.6 Å². The highest BCUT2D eigenvalue weighted by Crippen LogP contribution is 2.31. The highest BCUT2D eigenvalue weighted by molar-refractivity contribution is 5.40. The molecule has 1 aliphatic rings. The Morgan fingerprint density at radius 1 is 1.09 bits per heavy atom. The third kappa shape index (κ3) is 3.09. The molecule has 2 aromatic carbocycles. The van der Waals surface area contributed by atoms with Crippen LogP contribution in [0.15, 0.2) is 42.5 Å². The number of benzene rings is 2. The molecule has 0 bridgehead atoms. The van der Waals surface area contributed by atoms with Gasteiger partial charge in [0.25, 0.3) is 0 Å². The van der Waals surface area contributed by atoms with Crippen molar-refractivity contribution >= 4 is 0 Å². The first-order valence-corrected chi connectivity index (χ1v) is 7.84. The quantitative estimate of drug-likeness (QED) is 0.908. The zero-order chi connectivity index (χ0) is 15.4. The van der Waals surface area contributed by atoms with Gasteiger partial charge < -0.3 is 14.8 Å². The van der Waals surface area contributed by atoms with Gasteiger partial charge in [0, 0.05) is 18.2 Å². The van der Waals surface area contributed by atoms with Gasteiger partial charge in [-0.1, -0.05) is 24.3 Å². The van der Waals surface area contributed by atoms with Crippen LogP contribution >= 0.6 is 0 Å². The number of nitrogens with one attached hydrogen (secondary N) is 1. The van der Waals surface area contributed by atoms with Crippen LogP contribution in [0.2, 0.25) is 0 Å². The Hall–Kier alpha value is -2.00. The van der Waals surface area contributed by atoms with Crippen molar-refractivity contribution in [3.63, 3.8) is 0 Å². The molecule has 0 fully saturated rings. The molecule has 0 saturated carbocycles. The maximum Gasteiger partial charge on any atom is 0.123 e. The molecule has 0 heterocycles. The molecule has 1 N–H and O–H groups in total. The summed E-state index contributed by atoms with van der Waals surface area (Å²) in [5.41, 5.74) is 4.05. The van der Waals surface area contributed by atoms with E-state index in [4.69, 9.17) is 9.47 Å². The van der Waals surface area contributed by atoms with Crippen molar-refractivity contribution in [1.82, 2.24) is 5.32 Å². The third-order valence-corrected chi connectivity index (χ3v) is 4.40. The summed E-state index contributed by atoms with van der Waals surface area (Å²) in [6, 6.07) is 15.1. The van der Waals surface area contributed by atoms with Crippen LogP contribution in [-0.4, -0.2) is 14.2 Å². The van der Waals surface area contributed by atoms with Crippen molar-refractivity contribution in [2.45, 2.75) is 31.8 Å². The summed E-state index contributed by atoms with van der Waals surface area (Å²) in [6.07, 6.45) is 3.62. The lowest BCUT2D eigenvalue weighted by molar-refractivity contribution is 0.392. The van der Waals surface area contributed by atoms with Crippen LogP contribution in [0, 0.1) is 0 Å². The number of aryl methyl sites for hydroxylation is 1. The predicted octanol–water partition coefficient (Wildman–Crippen LogP) is 3.87. The molecule has 116 valence electrons. The minimum Gasteiger partial charge on any atom is -0.497 e. The van der Waals surface area contributed by atoms with Gasteiger partial charge in [-0.25, -0.2) is 0 Å². The van der Waals surface area contributed by atoms with Crippen LogP contribution < -0.4 is 14.8 Å². The standard InChI is InChI=1S/C19H23NO2/c1-21-16-10-11-19(22-2)15(12-16)13-20-18-9-5-7-14-6-3-4-8-17(14)18/h3-4,6,8,10-12,18,20H,5,7,9,13H2,1-2H3/t18-/m0/s1. The Morgan fingerprint density at radius 2 is 1.95 bits per heavy atom. The molecule has 0 saturated heterocycles. The van der Waals surface area contributed by atoms with Gasteiger partial charge in [-0.3, -0.25) is 0 Å². The van der Waals surface area contributed by atoms with E-state index in [1.807, 2.05) is 18.2 Å². The maximum absolute atomic E-state index is 5.46. The molecule has 1 atom stereocenters. The molecular formula is C19H23NO2. The zero-order valence-electron chi connectivity index (χ0n) is 13.3. The van der Waals surface area contributed by atoms with Crippen LogP contribution in [0.4, 0.5) is 0 Å². The third-order valence-electron chi connectivity index (χ3n) is 4.40. The highest BCUT2D eigenvalue weighted by Gasteiger charge is 2.19. The summed E-state index contributed by atoms with van der Waals surface area (Å²) >= 11 is 0. The fourth-order valence-corrected chi connectivity index (χ4v) is 3.22. The molecule has 1 aliphatic carbocycles. The zero-order valence-corrected chi connectivity index (χ0v) is 13.3. The molecular weight excluding hydrogens is 274 g/mol. The molecule has 0 radical (unpaired) electrons. The summed E-state index contributed by atoms with van der Waals surface area (Å²) < 4.78 is 10.8. The lowest BCUT2D eigenvalue weighted by atomic mass is 9.87. The molecule has 3 heteroatoms. The summed E-state index contributed by atoms with van der Waals surface area (Å²) in [4.78, 5) is 0. The average Bonchev–Trinajstić information content (AvgIpc) is 2.59. The molecule has 0 amide bonds. The van der Waals surface area contributed by atoms with Gasteiger partial charge in [0.05, 0.1) is 14.2 Å². The summed E-state index contributed by atoms with van der Waals surface area (Å²) in [5.74, 6) is 1.76. The van der Waals surface area contributed by atoms with Crippen molar-refractivity contribution in [3.05, 3.63) is 59.2 Å². The second-order valence-corrected chi connectivity index (χ2v) is 5.70. The summed E-state index contributed by atoms with van der Waals surface area (Å²) in [6.45, 7) is 0.777. The van der Waals surface area contributed by atoms with Crippen LogP contribution in [0.3, 0.4) is 0 Å². The Morgan fingerprint density at radius 3 is 2.77 bits per heavy atom. The smallest absolute Gasteiger partial charge is 0.123 e. The molecule has 3 nitrogen and oxygen atoms in total. The highest BCUT2D eigenvalue weighted by atomic mass is 16.5. The monoisotopic (exact) mass is 297 g/mol. The van der Waals surface area contributed by atoms with Gasteiger partial charge in [-0.15, -0.1) is 0 Å². The fourth-order valence-electron chi connectivity index (χ4n) is 3.22. The van der Waals surface area contributed by atoms with E-state index < -0.39 is 0 Å². The molecule has 0 aliphatic heterocycles. The van der Waals surface area contributed by atoms with Crippen molar-refractivity contribution in [3.8, 4) is 11.5 Å². The maximum atomic E-state index is 5.46. The number of fused-ring (bicyclic) bond motifs is 1. The van der Waals surface area contributed by atoms with E-state index in [-0.39, 0.29) is 0 Å². The van der Waals surface area contributed by atoms with Gasteiger partial charge in [0.2, 0.25) is 0 Å². The normalized spacial score (nSPS) is 16.9. The molecule has 22 heavy (non-hydrogen) atoms. The van der Waals surface area contributed by atoms with Crippen LogP contribution in [0.1, 0.15) is 35.6 Å². The van der Waals surface area contributed by atoms with Gasteiger partial charge in [0.15, 0.2) is 0 Å². The Balaban J connectivity index is 1.76. The number of hydrogen-bond acceptors (Lipinski definition) is 3. The van der Waals surface area contributed by atoms with Crippen LogP contribution in [-0.2, 0) is 13.0 Å². The SMILES string of the molecule is COc1ccc(OC)c(CN[C@H]2CCCc3ccccc32)c1. The van der Waals surface area contributed by atoms with Gasteiger partial charge in [-0.2, -0.15) is 0 Å². The van der Waals surface area contributed by atoms with Crippen molar-refractivity contribution in [2.24, 2.45) is 0 Å². The second-order valence-electron chi connectivity index (χ2n) is 5.70. The molecule has 0 spiro atoms. The average molecular weight is 297 g/mol. The van der Waals surface area contributed by atoms with Crippen molar-refractivity contribution in [2.75, 3.05) is 14.2 Å². The number of hydrogen-bond donors (Lipinski definition) is 1. The van der Waals surface area contributed by atoms with E-state index in [1.165, 1.54) is 30.4 Å². The Kier molecular flexibility index (Phi) is 4.64. The predicted molar refractivity (Wildman–Crippen MR) is 88.5 cm³/mol. The first kappa shape index (κ1) is 14.9. The minimum atomic E-state index is 0.417. The molecule has 3 rings (SSSR count). The number of rotatable bonds is 5. The van der Waals surface area contributed by atoms with E-state index in [1.54, 1.807) is 14.2 Å². The molecule has 2 aromatic rings. The minimum absolute atomic E-state index is 0.417. The second kappa shape index (κ2) is 6.84. The lowest BCUT2D eigenvalue weighted by Gasteiger charge is -2.26. The molecule has 0 unspecified atom stereocenters. The van der Waals surface area contributed by atoms with Gasteiger partial charge >= 0.3 is 0 Å². The van der Waals surface area contributed by atoms with E-state index >= 15 is 0 Å². The lowest BCUT2D eigenvalue weighted by Crippen LogP contribution is -2.25. The Labute approximate surface area is 132 Å². The first-order valence-electron chi connectivity index (χ1n) is 7.84. The largest absolute Gasteiger partial charge is 0.497 e. The van der Waals surface area contributed by atoms with Crippen molar-refractivity contribution in [1.29, 1.82) is 0 Å². The van der Waals surface area contributed by atoms with Gasteiger partial charge in [0.1, 0.15) is 11.5 Å². The fraction of sp³-hybridized carbons (Fsp3) is 0.368. The van der Waals surface area contributed by atoms with E-state index in [9.17, 15) is 0 Å². The Bertz CT molecular complexity index is 639.